The average molecular weight is 442 g/mol. The maximum absolute atomic E-state index is 12.6. The van der Waals surface area contributed by atoms with E-state index in [1.54, 1.807) is 10.7 Å². The van der Waals surface area contributed by atoms with Crippen LogP contribution in [0.25, 0.3) is 16.9 Å². The lowest BCUT2D eigenvalue weighted by Crippen LogP contribution is -2.04. The third-order valence-electron chi connectivity index (χ3n) is 6.08. The van der Waals surface area contributed by atoms with Crippen LogP contribution in [0.15, 0.2) is 54.7 Å². The highest BCUT2D eigenvalue weighted by Gasteiger charge is 2.25. The number of nitrogens with zero attached hydrogens (tertiary/aromatic N) is 3. The highest BCUT2D eigenvalue weighted by molar-refractivity contribution is 5.98. The van der Waals surface area contributed by atoms with Crippen LogP contribution in [0.3, 0.4) is 0 Å². The molecule has 0 radical (unpaired) electrons. The van der Waals surface area contributed by atoms with Crippen LogP contribution in [0.5, 0.6) is 11.6 Å². The number of fused-ring (bicyclic) bond motifs is 1. The Kier molecular flexibility index (Phi) is 5.46. The third kappa shape index (κ3) is 4.14. The van der Waals surface area contributed by atoms with Crippen LogP contribution in [-0.2, 0) is 0 Å². The maximum Gasteiger partial charge on any atom is 0.239 e. The van der Waals surface area contributed by atoms with Gasteiger partial charge in [0.2, 0.25) is 5.88 Å². The van der Waals surface area contributed by atoms with Crippen molar-refractivity contribution in [3.63, 3.8) is 0 Å². The van der Waals surface area contributed by atoms with Crippen molar-refractivity contribution in [3.05, 3.63) is 65.9 Å². The first-order valence-corrected chi connectivity index (χ1v) is 11.2. The molecule has 0 saturated heterocycles. The summed E-state index contributed by atoms with van der Waals surface area (Å²) in [6, 6.07) is 15.5. The first-order chi connectivity index (χ1) is 16.1. The molecule has 2 aromatic heterocycles. The van der Waals surface area contributed by atoms with E-state index in [1.165, 1.54) is 12.8 Å². The molecule has 168 valence electrons. The van der Waals surface area contributed by atoms with Crippen molar-refractivity contribution in [2.75, 3.05) is 24.7 Å². The Hall–Kier alpha value is -3.87. The fourth-order valence-electron chi connectivity index (χ4n) is 4.08. The maximum atomic E-state index is 12.6. The normalized spacial score (nSPS) is 13.2. The second-order valence-electron chi connectivity index (χ2n) is 8.47. The van der Waals surface area contributed by atoms with Gasteiger partial charge in [0.25, 0.3) is 0 Å². The number of benzene rings is 2. The zero-order valence-electron chi connectivity index (χ0n) is 19.1. The Morgan fingerprint density at radius 1 is 1.09 bits per heavy atom. The minimum Gasteiger partial charge on any atom is -0.435 e. The molecule has 1 saturated carbocycles. The van der Waals surface area contributed by atoms with Gasteiger partial charge in [0.1, 0.15) is 0 Å². The van der Waals surface area contributed by atoms with E-state index in [2.05, 4.69) is 15.6 Å². The number of ether oxygens (including phenoxy) is 1. The van der Waals surface area contributed by atoms with Gasteiger partial charge in [-0.05, 0) is 49.4 Å². The van der Waals surface area contributed by atoms with Crippen molar-refractivity contribution in [2.24, 2.45) is 5.92 Å². The Morgan fingerprint density at radius 3 is 2.61 bits per heavy atom. The lowest BCUT2D eigenvalue weighted by atomic mass is 9.98. The van der Waals surface area contributed by atoms with Crippen molar-refractivity contribution in [2.45, 2.75) is 26.2 Å². The number of imidazole rings is 1. The summed E-state index contributed by atoms with van der Waals surface area (Å²) < 4.78 is 7.90. The van der Waals surface area contributed by atoms with E-state index < -0.39 is 0 Å². The molecular weight excluding hydrogens is 414 g/mol. The molecule has 0 aliphatic heterocycles. The number of para-hydroxylation sites is 2. The van der Waals surface area contributed by atoms with E-state index in [0.29, 0.717) is 29.6 Å². The van der Waals surface area contributed by atoms with Gasteiger partial charge in [0, 0.05) is 37.7 Å². The summed E-state index contributed by atoms with van der Waals surface area (Å²) in [4.78, 5) is 17.2. The van der Waals surface area contributed by atoms with Crippen LogP contribution in [-0.4, -0.2) is 34.5 Å². The number of nitrogens with one attached hydrogen (secondary N) is 2. The van der Waals surface area contributed by atoms with Crippen molar-refractivity contribution >= 4 is 22.8 Å². The second-order valence-corrected chi connectivity index (χ2v) is 8.47. The van der Waals surface area contributed by atoms with E-state index in [4.69, 9.17) is 9.84 Å². The first-order valence-electron chi connectivity index (χ1n) is 11.2. The van der Waals surface area contributed by atoms with E-state index in [-0.39, 0.29) is 5.78 Å². The zero-order valence-corrected chi connectivity index (χ0v) is 19.1. The van der Waals surface area contributed by atoms with Crippen LogP contribution in [0.2, 0.25) is 0 Å². The standard InChI is InChI=1S/C26H27N5O2/c1-16-12-18(10-11-19(16)23(32)13-17-8-9-17)22-15-29-26-21(28-3)14-25(30-31(22)26)33-24-7-5-4-6-20(24)27-2/h4-7,10-12,14-15,17,27-28H,8-9,13H2,1-3H3. The summed E-state index contributed by atoms with van der Waals surface area (Å²) in [7, 11) is 3.70. The minimum atomic E-state index is 0.231. The molecule has 0 spiro atoms. The quantitative estimate of drug-likeness (QED) is 0.348. The minimum absolute atomic E-state index is 0.231. The van der Waals surface area contributed by atoms with Gasteiger partial charge < -0.3 is 15.4 Å². The molecule has 0 bridgehead atoms. The highest BCUT2D eigenvalue weighted by Crippen LogP contribution is 2.35. The number of aromatic nitrogens is 3. The Bertz CT molecular complexity index is 1340. The Morgan fingerprint density at radius 2 is 1.88 bits per heavy atom. The number of ketones is 1. The van der Waals surface area contributed by atoms with Crippen LogP contribution in [0.4, 0.5) is 11.4 Å². The second kappa shape index (κ2) is 8.58. The van der Waals surface area contributed by atoms with Gasteiger partial charge in [-0.3, -0.25) is 4.79 Å². The van der Waals surface area contributed by atoms with Gasteiger partial charge >= 0.3 is 0 Å². The van der Waals surface area contributed by atoms with Crippen molar-refractivity contribution in [1.29, 1.82) is 0 Å². The molecule has 2 heterocycles. The summed E-state index contributed by atoms with van der Waals surface area (Å²) in [6.45, 7) is 1.99. The average Bonchev–Trinajstić information content (AvgIpc) is 3.54. The molecule has 2 aromatic carbocycles. The molecule has 33 heavy (non-hydrogen) atoms. The highest BCUT2D eigenvalue weighted by atomic mass is 16.5. The third-order valence-corrected chi connectivity index (χ3v) is 6.08. The SMILES string of the molecule is CNc1ccccc1Oc1cc(NC)c2ncc(-c3ccc(C(=O)CC4CC4)c(C)c3)n2n1. The lowest BCUT2D eigenvalue weighted by molar-refractivity contribution is 0.0975. The number of hydrogen-bond donors (Lipinski definition) is 2. The molecule has 4 aromatic rings. The van der Waals surface area contributed by atoms with Crippen molar-refractivity contribution < 1.29 is 9.53 Å². The van der Waals surface area contributed by atoms with Gasteiger partial charge in [-0.15, -0.1) is 5.10 Å². The predicted molar refractivity (Wildman–Crippen MR) is 130 cm³/mol. The first kappa shape index (κ1) is 21.0. The Balaban J connectivity index is 1.53. The van der Waals surface area contributed by atoms with Gasteiger partial charge in [-0.25, -0.2) is 9.50 Å². The largest absolute Gasteiger partial charge is 0.435 e. The van der Waals surface area contributed by atoms with Gasteiger partial charge in [-0.2, -0.15) is 0 Å². The molecule has 2 N–H and O–H groups in total. The molecule has 1 aliphatic carbocycles. The van der Waals surface area contributed by atoms with Gasteiger partial charge in [0.15, 0.2) is 17.2 Å². The van der Waals surface area contributed by atoms with E-state index >= 15 is 0 Å². The Labute approximate surface area is 192 Å². The number of anilines is 2. The summed E-state index contributed by atoms with van der Waals surface area (Å²) >= 11 is 0. The summed E-state index contributed by atoms with van der Waals surface area (Å²) in [6.07, 6.45) is 4.80. The summed E-state index contributed by atoms with van der Waals surface area (Å²) in [5.41, 5.74) is 5.93. The van der Waals surface area contributed by atoms with E-state index in [0.717, 1.165) is 33.8 Å². The van der Waals surface area contributed by atoms with Crippen molar-refractivity contribution in [1.82, 2.24) is 14.6 Å². The van der Waals surface area contributed by atoms with Gasteiger partial charge in [-0.1, -0.05) is 24.3 Å². The zero-order chi connectivity index (χ0) is 22.9. The van der Waals surface area contributed by atoms with Crippen LogP contribution in [0, 0.1) is 12.8 Å². The number of Topliss-reactive ketones (excluding diaryl/α,β-unsaturated/α-hetero) is 1. The molecule has 5 rings (SSSR count). The van der Waals surface area contributed by atoms with Crippen molar-refractivity contribution in [3.8, 4) is 22.9 Å². The molecule has 0 atom stereocenters. The topological polar surface area (TPSA) is 80.5 Å². The van der Waals surface area contributed by atoms with Crippen LogP contribution < -0.4 is 15.4 Å². The number of carbonyl (C=O) groups is 1. The molecule has 7 heteroatoms. The fraction of sp³-hybridized carbons (Fsp3) is 0.269. The smallest absolute Gasteiger partial charge is 0.239 e. The summed E-state index contributed by atoms with van der Waals surface area (Å²) in [5, 5.41) is 11.0. The molecule has 0 amide bonds. The molecular formula is C26H27N5O2. The summed E-state index contributed by atoms with van der Waals surface area (Å²) in [5.74, 6) is 1.94. The lowest BCUT2D eigenvalue weighted by Gasteiger charge is -2.12. The number of carbonyl (C=O) groups excluding carboxylic acids is 1. The molecule has 1 fully saturated rings. The monoisotopic (exact) mass is 441 g/mol. The van der Waals surface area contributed by atoms with E-state index in [9.17, 15) is 4.79 Å². The number of aryl methyl sites for hydroxylation is 1. The number of hydrogen-bond acceptors (Lipinski definition) is 6. The number of rotatable bonds is 8. The molecule has 7 nitrogen and oxygen atoms in total. The fourth-order valence-corrected chi connectivity index (χ4v) is 4.08. The molecule has 0 unspecified atom stereocenters. The molecule has 1 aliphatic rings. The van der Waals surface area contributed by atoms with Crippen LogP contribution in [0.1, 0.15) is 35.2 Å². The van der Waals surface area contributed by atoms with Crippen LogP contribution >= 0.6 is 0 Å². The van der Waals surface area contributed by atoms with Gasteiger partial charge in [0.05, 0.1) is 23.3 Å². The predicted octanol–water partition coefficient (Wildman–Crippen LogP) is 5.56. The van der Waals surface area contributed by atoms with E-state index in [1.807, 2.05) is 69.6 Å².